The van der Waals surface area contributed by atoms with Gasteiger partial charge in [0.05, 0.1) is 23.0 Å². The predicted octanol–water partition coefficient (Wildman–Crippen LogP) is 4.09. The summed E-state index contributed by atoms with van der Waals surface area (Å²) in [5.74, 6) is -0.419. The van der Waals surface area contributed by atoms with Gasteiger partial charge in [0.1, 0.15) is 0 Å². The fourth-order valence-corrected chi connectivity index (χ4v) is 4.25. The van der Waals surface area contributed by atoms with E-state index in [1.54, 1.807) is 18.6 Å². The van der Waals surface area contributed by atoms with Crippen LogP contribution in [0.5, 0.6) is 0 Å². The third kappa shape index (κ3) is 3.10. The molecule has 27 heavy (non-hydrogen) atoms. The first-order valence-corrected chi connectivity index (χ1v) is 9.30. The van der Waals surface area contributed by atoms with Crippen molar-refractivity contribution >= 4 is 16.9 Å². The average molecular weight is 365 g/mol. The number of ether oxygens (including phenoxy) is 1. The summed E-state index contributed by atoms with van der Waals surface area (Å²) in [6.07, 6.45) is 7.02. The highest BCUT2D eigenvalue weighted by molar-refractivity contribution is 6.06. The van der Waals surface area contributed by atoms with Crippen LogP contribution in [0.4, 0.5) is 0 Å². The summed E-state index contributed by atoms with van der Waals surface area (Å²) in [5.41, 5.74) is 3.83. The molecule has 0 aliphatic carbocycles. The number of fused-ring (bicyclic) bond motifs is 1. The fraction of sp³-hybridized carbons (Fsp3) is 0.381. The summed E-state index contributed by atoms with van der Waals surface area (Å²) >= 11 is 0. The van der Waals surface area contributed by atoms with Crippen LogP contribution in [0.2, 0.25) is 0 Å². The Labute approximate surface area is 157 Å². The average Bonchev–Trinajstić information content (AvgIpc) is 3.00. The summed E-state index contributed by atoms with van der Waals surface area (Å²) in [6.45, 7) is 5.62. The van der Waals surface area contributed by atoms with Crippen molar-refractivity contribution in [2.45, 2.75) is 32.7 Å². The fourth-order valence-electron chi connectivity index (χ4n) is 4.25. The summed E-state index contributed by atoms with van der Waals surface area (Å²) in [6, 6.07) is 6.04. The van der Waals surface area contributed by atoms with Crippen LogP contribution in [-0.2, 0) is 4.74 Å². The van der Waals surface area contributed by atoms with Gasteiger partial charge in [-0.1, -0.05) is 12.1 Å². The first kappa shape index (κ1) is 17.7. The van der Waals surface area contributed by atoms with Crippen LogP contribution in [0.15, 0.2) is 36.8 Å². The van der Waals surface area contributed by atoms with Crippen molar-refractivity contribution in [2.75, 3.05) is 13.2 Å². The molecule has 2 aromatic heterocycles. The molecule has 1 N–H and O–H groups in total. The maximum atomic E-state index is 11.9. The molecule has 0 spiro atoms. The number of nitrogens with zero attached hydrogens (tertiary/aromatic N) is 3. The number of hydrogen-bond donors (Lipinski definition) is 1. The van der Waals surface area contributed by atoms with Gasteiger partial charge in [0.25, 0.3) is 0 Å². The molecular formula is C21H23N3O3. The van der Waals surface area contributed by atoms with Crippen LogP contribution in [0.1, 0.15) is 41.9 Å². The standard InChI is InChI=1S/C21H23N3O3/c1-13(15-5-9-27-10-6-15)24-14(2)20(21(25)26)17-4-3-16(11-19(17)24)18-12-22-7-8-23-18/h3-4,7-8,11-13,15H,5-6,9-10H2,1-2H3,(H,25,26). The summed E-state index contributed by atoms with van der Waals surface area (Å²) in [7, 11) is 0. The van der Waals surface area contributed by atoms with Crippen LogP contribution in [0.3, 0.4) is 0 Å². The summed E-state index contributed by atoms with van der Waals surface area (Å²) in [5, 5.41) is 10.6. The highest BCUT2D eigenvalue weighted by Crippen LogP contribution is 2.36. The highest BCUT2D eigenvalue weighted by Gasteiger charge is 2.27. The van der Waals surface area contributed by atoms with E-state index < -0.39 is 5.97 Å². The van der Waals surface area contributed by atoms with Crippen LogP contribution >= 0.6 is 0 Å². The molecule has 4 rings (SSSR count). The smallest absolute Gasteiger partial charge is 0.338 e. The van der Waals surface area contributed by atoms with Crippen molar-refractivity contribution in [2.24, 2.45) is 5.92 Å². The second kappa shape index (κ2) is 7.12. The normalized spacial score (nSPS) is 16.5. The quantitative estimate of drug-likeness (QED) is 0.753. The second-order valence-corrected chi connectivity index (χ2v) is 7.15. The minimum atomic E-state index is -0.886. The lowest BCUT2D eigenvalue weighted by atomic mass is 9.92. The minimum absolute atomic E-state index is 0.196. The molecular weight excluding hydrogens is 342 g/mol. The molecule has 6 nitrogen and oxygen atoms in total. The molecule has 1 aliphatic heterocycles. The van der Waals surface area contributed by atoms with Crippen LogP contribution in [-0.4, -0.2) is 38.8 Å². The van der Waals surface area contributed by atoms with Crippen LogP contribution in [0, 0.1) is 12.8 Å². The Balaban J connectivity index is 1.89. The molecule has 1 unspecified atom stereocenters. The Hall–Kier alpha value is -2.73. The van der Waals surface area contributed by atoms with Gasteiger partial charge >= 0.3 is 5.97 Å². The van der Waals surface area contributed by atoms with Crippen LogP contribution < -0.4 is 0 Å². The van der Waals surface area contributed by atoms with Gasteiger partial charge in [-0.2, -0.15) is 0 Å². The van der Waals surface area contributed by atoms with E-state index in [1.807, 2.05) is 25.1 Å². The van der Waals surface area contributed by atoms with Crippen molar-refractivity contribution in [3.63, 3.8) is 0 Å². The minimum Gasteiger partial charge on any atom is -0.478 e. The van der Waals surface area contributed by atoms with Crippen LogP contribution in [0.25, 0.3) is 22.2 Å². The zero-order chi connectivity index (χ0) is 19.0. The maximum absolute atomic E-state index is 11.9. The Morgan fingerprint density at radius 2 is 2.07 bits per heavy atom. The third-order valence-electron chi connectivity index (χ3n) is 5.68. The first-order valence-electron chi connectivity index (χ1n) is 9.30. The van der Waals surface area contributed by atoms with Crippen molar-refractivity contribution in [3.05, 3.63) is 48.0 Å². The molecule has 1 saturated heterocycles. The van der Waals surface area contributed by atoms with Gasteiger partial charge in [-0.25, -0.2) is 4.79 Å². The number of carbonyl (C=O) groups is 1. The predicted molar refractivity (Wildman–Crippen MR) is 103 cm³/mol. The van der Waals surface area contributed by atoms with Gasteiger partial charge in [0.15, 0.2) is 0 Å². The molecule has 0 bridgehead atoms. The van der Waals surface area contributed by atoms with E-state index >= 15 is 0 Å². The van der Waals surface area contributed by atoms with E-state index in [9.17, 15) is 9.90 Å². The van der Waals surface area contributed by atoms with Crippen molar-refractivity contribution < 1.29 is 14.6 Å². The lowest BCUT2D eigenvalue weighted by Gasteiger charge is -2.30. The zero-order valence-corrected chi connectivity index (χ0v) is 15.6. The SMILES string of the molecule is Cc1c(C(=O)O)c2ccc(-c3cnccn3)cc2n1C(C)C1CCOCC1. The van der Waals surface area contributed by atoms with Crippen molar-refractivity contribution in [1.82, 2.24) is 14.5 Å². The van der Waals surface area contributed by atoms with E-state index in [-0.39, 0.29) is 6.04 Å². The molecule has 3 heterocycles. The molecule has 1 fully saturated rings. The van der Waals surface area contributed by atoms with Gasteiger partial charge in [-0.05, 0) is 38.7 Å². The van der Waals surface area contributed by atoms with Gasteiger partial charge < -0.3 is 14.4 Å². The highest BCUT2D eigenvalue weighted by atomic mass is 16.5. The van der Waals surface area contributed by atoms with Gasteiger partial charge in [0, 0.05) is 48.3 Å². The maximum Gasteiger partial charge on any atom is 0.338 e. The largest absolute Gasteiger partial charge is 0.478 e. The number of carboxylic acids is 1. The Morgan fingerprint density at radius 1 is 1.30 bits per heavy atom. The van der Waals surface area contributed by atoms with E-state index in [1.165, 1.54) is 0 Å². The zero-order valence-electron chi connectivity index (χ0n) is 15.6. The lowest BCUT2D eigenvalue weighted by Crippen LogP contribution is -2.24. The number of hydrogen-bond acceptors (Lipinski definition) is 4. The van der Waals surface area contributed by atoms with Gasteiger partial charge in [-0.15, -0.1) is 0 Å². The Bertz CT molecular complexity index is 975. The van der Waals surface area contributed by atoms with Gasteiger partial charge in [0.2, 0.25) is 0 Å². The van der Waals surface area contributed by atoms with E-state index in [4.69, 9.17) is 4.74 Å². The molecule has 1 aliphatic rings. The summed E-state index contributed by atoms with van der Waals surface area (Å²) < 4.78 is 7.69. The van der Waals surface area contributed by atoms with Gasteiger partial charge in [-0.3, -0.25) is 9.97 Å². The third-order valence-corrected chi connectivity index (χ3v) is 5.68. The Kier molecular flexibility index (Phi) is 4.66. The lowest BCUT2D eigenvalue weighted by molar-refractivity contribution is 0.0516. The van der Waals surface area contributed by atoms with E-state index in [2.05, 4.69) is 21.5 Å². The Morgan fingerprint density at radius 3 is 2.74 bits per heavy atom. The number of aromatic carboxylic acids is 1. The summed E-state index contributed by atoms with van der Waals surface area (Å²) in [4.78, 5) is 20.5. The second-order valence-electron chi connectivity index (χ2n) is 7.15. The molecule has 3 aromatic rings. The molecule has 6 heteroatoms. The van der Waals surface area contributed by atoms with Crippen molar-refractivity contribution in [3.8, 4) is 11.3 Å². The first-order chi connectivity index (χ1) is 13.1. The monoisotopic (exact) mass is 365 g/mol. The van der Waals surface area contributed by atoms with E-state index in [0.717, 1.165) is 53.9 Å². The number of aromatic nitrogens is 3. The van der Waals surface area contributed by atoms with E-state index in [0.29, 0.717) is 11.5 Å². The number of carboxylic acid groups (broad SMARTS) is 1. The molecule has 1 aromatic carbocycles. The number of rotatable bonds is 4. The van der Waals surface area contributed by atoms with Crippen molar-refractivity contribution in [1.29, 1.82) is 0 Å². The topological polar surface area (TPSA) is 77.2 Å². The molecule has 0 amide bonds. The molecule has 1 atom stereocenters. The molecule has 0 radical (unpaired) electrons. The molecule has 0 saturated carbocycles. The number of benzene rings is 1. The molecule has 140 valence electrons.